The summed E-state index contributed by atoms with van der Waals surface area (Å²) in [6.07, 6.45) is 2.82. The number of anilines is 2. The van der Waals surface area contributed by atoms with Crippen LogP contribution in [0.2, 0.25) is 0 Å². The Bertz CT molecular complexity index is 1020. The zero-order valence-electron chi connectivity index (χ0n) is 16.8. The highest BCUT2D eigenvalue weighted by Crippen LogP contribution is 2.34. The Balaban J connectivity index is 1.65. The number of amides is 3. The highest BCUT2D eigenvalue weighted by atomic mass is 32.2. The van der Waals surface area contributed by atoms with E-state index in [-0.39, 0.29) is 17.7 Å². The fourth-order valence-corrected chi connectivity index (χ4v) is 4.16. The maximum absolute atomic E-state index is 12.7. The van der Waals surface area contributed by atoms with E-state index in [1.54, 1.807) is 12.1 Å². The summed E-state index contributed by atoms with van der Waals surface area (Å²) in [4.78, 5) is 49.7. The number of nitrogens with zero attached hydrogens (tertiary/aromatic N) is 1. The summed E-state index contributed by atoms with van der Waals surface area (Å²) >= 11 is 0.787. The number of aromatic carboxylic acids is 1. The molecule has 9 heteroatoms. The van der Waals surface area contributed by atoms with E-state index in [4.69, 9.17) is 5.11 Å². The second kappa shape index (κ2) is 9.65. The van der Waals surface area contributed by atoms with Gasteiger partial charge in [0.05, 0.1) is 5.69 Å². The van der Waals surface area contributed by atoms with Crippen molar-refractivity contribution in [2.24, 2.45) is 0 Å². The van der Waals surface area contributed by atoms with Gasteiger partial charge in [0.1, 0.15) is 16.6 Å². The first-order chi connectivity index (χ1) is 14.8. The average molecular weight is 442 g/mol. The third kappa shape index (κ3) is 5.24. The van der Waals surface area contributed by atoms with Crippen molar-refractivity contribution < 1.29 is 29.4 Å². The number of carboxylic acid groups (broad SMARTS) is 1. The molecule has 1 unspecified atom stereocenters. The standard InChI is InChI=1S/C22H22N2O6S/c1-2-3-4-13-5-8-15(9-6-13)24-20(27)18(31-22(24)30)12-19(26)23-14-7-10-17(25)16(11-14)21(28)29/h5-11,18,25H,2-4,12H2,1H3,(H,23,26)(H,28,29). The van der Waals surface area contributed by atoms with Crippen LogP contribution in [0.1, 0.15) is 42.1 Å². The molecule has 0 spiro atoms. The van der Waals surface area contributed by atoms with Gasteiger partial charge in [0.15, 0.2) is 0 Å². The molecule has 31 heavy (non-hydrogen) atoms. The van der Waals surface area contributed by atoms with E-state index in [0.29, 0.717) is 5.69 Å². The van der Waals surface area contributed by atoms with E-state index in [1.165, 1.54) is 6.07 Å². The number of nitrogens with one attached hydrogen (secondary N) is 1. The first kappa shape index (κ1) is 22.4. The zero-order valence-corrected chi connectivity index (χ0v) is 17.6. The van der Waals surface area contributed by atoms with E-state index >= 15 is 0 Å². The lowest BCUT2D eigenvalue weighted by atomic mass is 10.1. The molecular formula is C22H22N2O6S. The van der Waals surface area contributed by atoms with E-state index in [1.807, 2.05) is 12.1 Å². The van der Waals surface area contributed by atoms with E-state index in [2.05, 4.69) is 12.2 Å². The van der Waals surface area contributed by atoms with Crippen LogP contribution in [0.15, 0.2) is 42.5 Å². The van der Waals surface area contributed by atoms with Crippen molar-refractivity contribution in [2.75, 3.05) is 10.2 Å². The van der Waals surface area contributed by atoms with Gasteiger partial charge in [-0.15, -0.1) is 0 Å². The predicted octanol–water partition coefficient (Wildman–Crippen LogP) is 4.03. The Morgan fingerprint density at radius 2 is 1.84 bits per heavy atom. The lowest BCUT2D eigenvalue weighted by molar-refractivity contribution is -0.121. The number of hydrogen-bond donors (Lipinski definition) is 3. The fraction of sp³-hybridized carbons (Fsp3) is 0.273. The molecule has 0 aliphatic carbocycles. The van der Waals surface area contributed by atoms with Gasteiger partial charge in [-0.25, -0.2) is 9.69 Å². The summed E-state index contributed by atoms with van der Waals surface area (Å²) in [5.41, 5.74) is 1.41. The summed E-state index contributed by atoms with van der Waals surface area (Å²) in [5, 5.41) is 19.8. The van der Waals surface area contributed by atoms with Gasteiger partial charge in [0.25, 0.3) is 5.24 Å². The molecule has 1 fully saturated rings. The molecule has 0 saturated carbocycles. The van der Waals surface area contributed by atoms with Gasteiger partial charge in [-0.05, 0) is 60.5 Å². The second-order valence-corrected chi connectivity index (χ2v) is 8.26. The SMILES string of the molecule is CCCCc1ccc(N2C(=O)SC(CC(=O)Nc3ccc(O)c(C(=O)O)c3)C2=O)cc1. The number of aromatic hydroxyl groups is 1. The van der Waals surface area contributed by atoms with Gasteiger partial charge in [-0.1, -0.05) is 25.5 Å². The lowest BCUT2D eigenvalue weighted by Crippen LogP contribution is -2.33. The van der Waals surface area contributed by atoms with Gasteiger partial charge in [0, 0.05) is 12.1 Å². The molecule has 1 aliphatic heterocycles. The van der Waals surface area contributed by atoms with Gasteiger partial charge in [0.2, 0.25) is 11.8 Å². The smallest absolute Gasteiger partial charge is 0.339 e. The van der Waals surface area contributed by atoms with Crippen LogP contribution in [0, 0.1) is 0 Å². The summed E-state index contributed by atoms with van der Waals surface area (Å²) in [7, 11) is 0. The van der Waals surface area contributed by atoms with Crippen molar-refractivity contribution >= 4 is 46.2 Å². The molecule has 1 heterocycles. The van der Waals surface area contributed by atoms with Crippen LogP contribution in [0.3, 0.4) is 0 Å². The molecular weight excluding hydrogens is 420 g/mol. The molecule has 0 radical (unpaired) electrons. The van der Waals surface area contributed by atoms with Crippen molar-refractivity contribution in [3.63, 3.8) is 0 Å². The number of hydrogen-bond acceptors (Lipinski definition) is 6. The number of carbonyl (C=O) groups excluding carboxylic acids is 3. The van der Waals surface area contributed by atoms with Crippen LogP contribution >= 0.6 is 11.8 Å². The number of thioether (sulfide) groups is 1. The first-order valence-corrected chi connectivity index (χ1v) is 10.7. The number of rotatable bonds is 8. The third-order valence-corrected chi connectivity index (χ3v) is 5.85. The largest absolute Gasteiger partial charge is 0.507 e. The van der Waals surface area contributed by atoms with Crippen molar-refractivity contribution in [3.8, 4) is 5.75 Å². The van der Waals surface area contributed by atoms with Crippen LogP contribution in [-0.2, 0) is 16.0 Å². The third-order valence-electron chi connectivity index (χ3n) is 4.82. The maximum Gasteiger partial charge on any atom is 0.339 e. The lowest BCUT2D eigenvalue weighted by Gasteiger charge is -2.14. The predicted molar refractivity (Wildman–Crippen MR) is 118 cm³/mol. The number of aryl methyl sites for hydroxylation is 1. The van der Waals surface area contributed by atoms with E-state index < -0.39 is 34.0 Å². The number of phenols is 1. The first-order valence-electron chi connectivity index (χ1n) is 9.79. The van der Waals surface area contributed by atoms with Crippen molar-refractivity contribution in [2.45, 2.75) is 37.9 Å². The van der Waals surface area contributed by atoms with Crippen molar-refractivity contribution in [1.29, 1.82) is 0 Å². The average Bonchev–Trinajstić information content (AvgIpc) is 3.01. The van der Waals surface area contributed by atoms with E-state index in [0.717, 1.165) is 53.6 Å². The maximum atomic E-state index is 12.7. The van der Waals surface area contributed by atoms with Gasteiger partial charge >= 0.3 is 5.97 Å². The number of carbonyl (C=O) groups is 4. The molecule has 2 aromatic carbocycles. The minimum Gasteiger partial charge on any atom is -0.507 e. The topological polar surface area (TPSA) is 124 Å². The number of benzene rings is 2. The van der Waals surface area contributed by atoms with Crippen molar-refractivity contribution in [1.82, 2.24) is 0 Å². The monoisotopic (exact) mass is 442 g/mol. The fourth-order valence-electron chi connectivity index (χ4n) is 3.18. The molecule has 0 bridgehead atoms. The molecule has 2 aromatic rings. The minimum atomic E-state index is -1.34. The molecule has 162 valence electrons. The van der Waals surface area contributed by atoms with Crippen LogP contribution in [0.4, 0.5) is 16.2 Å². The molecule has 8 nitrogen and oxygen atoms in total. The molecule has 0 aromatic heterocycles. The summed E-state index contributed by atoms with van der Waals surface area (Å²) in [6, 6.07) is 10.9. The molecule has 1 aliphatic rings. The quantitative estimate of drug-likeness (QED) is 0.527. The van der Waals surface area contributed by atoms with E-state index in [9.17, 15) is 24.3 Å². The van der Waals surface area contributed by atoms with Crippen molar-refractivity contribution in [3.05, 3.63) is 53.6 Å². The number of imide groups is 1. The molecule has 1 atom stereocenters. The van der Waals surface area contributed by atoms with Crippen LogP contribution in [-0.4, -0.2) is 38.5 Å². The molecule has 3 amide bonds. The summed E-state index contributed by atoms with van der Waals surface area (Å²) in [5.74, 6) is -2.77. The van der Waals surface area contributed by atoms with Crippen LogP contribution in [0.5, 0.6) is 5.75 Å². The Hall–Kier alpha value is -3.33. The van der Waals surface area contributed by atoms with Gasteiger partial charge < -0.3 is 15.5 Å². The van der Waals surface area contributed by atoms with Crippen LogP contribution < -0.4 is 10.2 Å². The number of unbranched alkanes of at least 4 members (excludes halogenated alkanes) is 1. The molecule has 1 saturated heterocycles. The Kier molecular flexibility index (Phi) is 6.96. The summed E-state index contributed by atoms with van der Waals surface area (Å²) < 4.78 is 0. The second-order valence-electron chi connectivity index (χ2n) is 7.11. The molecule has 3 N–H and O–H groups in total. The Labute approximate surface area is 183 Å². The highest BCUT2D eigenvalue weighted by Gasteiger charge is 2.41. The normalized spacial score (nSPS) is 15.9. The van der Waals surface area contributed by atoms with Crippen LogP contribution in [0.25, 0.3) is 0 Å². The Morgan fingerprint density at radius 3 is 2.48 bits per heavy atom. The summed E-state index contributed by atoms with van der Waals surface area (Å²) in [6.45, 7) is 2.11. The highest BCUT2D eigenvalue weighted by molar-refractivity contribution is 8.15. The molecule has 3 rings (SSSR count). The Morgan fingerprint density at radius 1 is 1.13 bits per heavy atom. The van der Waals surface area contributed by atoms with Gasteiger partial charge in [-0.3, -0.25) is 14.4 Å². The number of carboxylic acids is 1. The minimum absolute atomic E-state index is 0.168. The zero-order chi connectivity index (χ0) is 22.5. The van der Waals surface area contributed by atoms with Gasteiger partial charge in [-0.2, -0.15) is 0 Å².